The van der Waals surface area contributed by atoms with Gasteiger partial charge < -0.3 is 14.7 Å². The molecule has 2 aliphatic heterocycles. The Hall–Kier alpha value is -1.40. The molecule has 22 heavy (non-hydrogen) atoms. The summed E-state index contributed by atoms with van der Waals surface area (Å²) in [5.41, 5.74) is 0.388. The smallest absolute Gasteiger partial charge is 0.272 e. The van der Waals surface area contributed by atoms with E-state index in [0.29, 0.717) is 31.8 Å². The van der Waals surface area contributed by atoms with Crippen molar-refractivity contribution in [1.82, 2.24) is 14.7 Å². The molecule has 2 fully saturated rings. The second kappa shape index (κ2) is 5.35. The molecule has 1 spiro atoms. The number of aliphatic hydroxyl groups is 1. The lowest BCUT2D eigenvalue weighted by molar-refractivity contribution is -0.0958. The highest BCUT2D eigenvalue weighted by Crippen LogP contribution is 2.42. The van der Waals surface area contributed by atoms with Gasteiger partial charge in [0.15, 0.2) is 0 Å². The first-order valence-electron chi connectivity index (χ1n) is 8.03. The van der Waals surface area contributed by atoms with Crippen molar-refractivity contribution in [2.45, 2.75) is 50.7 Å². The van der Waals surface area contributed by atoms with Gasteiger partial charge in [-0.25, -0.2) is 0 Å². The minimum atomic E-state index is -0.714. The van der Waals surface area contributed by atoms with Gasteiger partial charge in [-0.3, -0.25) is 9.48 Å². The summed E-state index contributed by atoms with van der Waals surface area (Å²) >= 11 is 0. The Morgan fingerprint density at radius 2 is 2.23 bits per heavy atom. The monoisotopic (exact) mass is 307 g/mol. The molecule has 0 aromatic carbocycles. The number of aromatic nitrogens is 2. The van der Waals surface area contributed by atoms with E-state index in [1.807, 2.05) is 6.92 Å². The molecule has 1 aromatic rings. The molecule has 0 radical (unpaired) electrons. The molecule has 1 unspecified atom stereocenters. The molecule has 0 aliphatic carbocycles. The molecule has 1 aromatic heterocycles. The van der Waals surface area contributed by atoms with Gasteiger partial charge >= 0.3 is 0 Å². The number of hydrogen-bond donors (Lipinski definition) is 1. The lowest BCUT2D eigenvalue weighted by Gasteiger charge is -2.47. The van der Waals surface area contributed by atoms with E-state index in [1.54, 1.807) is 22.7 Å². The summed E-state index contributed by atoms with van der Waals surface area (Å²) in [6.07, 6.45) is 3.49. The number of amides is 1. The van der Waals surface area contributed by atoms with E-state index in [0.717, 1.165) is 25.0 Å². The van der Waals surface area contributed by atoms with Crippen LogP contribution in [0, 0.1) is 6.92 Å². The Bertz CT molecular complexity index is 577. The molecule has 1 atom stereocenters. The van der Waals surface area contributed by atoms with Gasteiger partial charge in [-0.2, -0.15) is 5.10 Å². The predicted octanol–water partition coefficient (Wildman–Crippen LogP) is 1.26. The van der Waals surface area contributed by atoms with Gasteiger partial charge in [0.25, 0.3) is 5.91 Å². The molecule has 1 amide bonds. The van der Waals surface area contributed by atoms with Crippen LogP contribution in [0.1, 0.15) is 48.8 Å². The Labute approximate surface area is 131 Å². The van der Waals surface area contributed by atoms with Gasteiger partial charge in [0.1, 0.15) is 11.3 Å². The number of unbranched alkanes of at least 4 members (excludes halogenated alkanes) is 1. The fourth-order valence-corrected chi connectivity index (χ4v) is 3.62. The average Bonchev–Trinajstić information content (AvgIpc) is 2.95. The topological polar surface area (TPSA) is 67.6 Å². The fourth-order valence-electron chi connectivity index (χ4n) is 3.62. The van der Waals surface area contributed by atoms with Gasteiger partial charge in [0.2, 0.25) is 0 Å². The third-order valence-electron chi connectivity index (χ3n) is 4.76. The summed E-state index contributed by atoms with van der Waals surface area (Å²) < 4.78 is 7.50. The van der Waals surface area contributed by atoms with Crippen LogP contribution < -0.4 is 0 Å². The van der Waals surface area contributed by atoms with Crippen molar-refractivity contribution in [3.63, 3.8) is 0 Å². The zero-order valence-corrected chi connectivity index (χ0v) is 13.6. The van der Waals surface area contributed by atoms with Gasteiger partial charge in [-0.15, -0.1) is 0 Å². The lowest BCUT2D eigenvalue weighted by Crippen LogP contribution is -2.63. The van der Waals surface area contributed by atoms with E-state index in [4.69, 9.17) is 4.74 Å². The average molecular weight is 307 g/mol. The number of carbonyl (C=O) groups excluding carboxylic acids is 1. The van der Waals surface area contributed by atoms with Gasteiger partial charge in [0.05, 0.1) is 31.0 Å². The van der Waals surface area contributed by atoms with E-state index in [-0.39, 0.29) is 11.5 Å². The first-order valence-corrected chi connectivity index (χ1v) is 8.03. The zero-order valence-electron chi connectivity index (χ0n) is 13.6. The number of nitrogens with zero attached hydrogens (tertiary/aromatic N) is 3. The highest BCUT2D eigenvalue weighted by atomic mass is 16.5. The molecular formula is C16H25N3O3. The van der Waals surface area contributed by atoms with Crippen molar-refractivity contribution in [1.29, 1.82) is 0 Å². The van der Waals surface area contributed by atoms with Crippen LogP contribution in [0.5, 0.6) is 0 Å². The Kier molecular flexibility index (Phi) is 3.77. The van der Waals surface area contributed by atoms with Crippen molar-refractivity contribution in [3.8, 4) is 0 Å². The van der Waals surface area contributed by atoms with Gasteiger partial charge in [-0.05, 0) is 19.4 Å². The largest absolute Gasteiger partial charge is 0.387 e. The Balaban J connectivity index is 1.60. The van der Waals surface area contributed by atoms with Gasteiger partial charge in [-0.1, -0.05) is 19.8 Å². The summed E-state index contributed by atoms with van der Waals surface area (Å²) in [6.45, 7) is 5.51. The van der Waals surface area contributed by atoms with E-state index in [1.165, 1.54) is 0 Å². The molecule has 0 saturated carbocycles. The Morgan fingerprint density at radius 3 is 2.82 bits per heavy atom. The van der Waals surface area contributed by atoms with Crippen molar-refractivity contribution in [3.05, 3.63) is 17.5 Å². The molecule has 2 aliphatic rings. The van der Waals surface area contributed by atoms with Crippen LogP contribution in [-0.4, -0.2) is 56.6 Å². The summed E-state index contributed by atoms with van der Waals surface area (Å²) in [6, 6.07) is 1.81. The molecule has 1 N–H and O–H groups in total. The first kappa shape index (κ1) is 15.5. The van der Waals surface area contributed by atoms with Crippen LogP contribution in [0.4, 0.5) is 0 Å². The minimum absolute atomic E-state index is 0.0127. The zero-order chi connectivity index (χ0) is 16.0. The minimum Gasteiger partial charge on any atom is -0.387 e. The SMILES string of the molecule is CCCCC1(O)COC2(CN(C(=O)c3cc(C)nn3C)C2)C1. The van der Waals surface area contributed by atoms with Crippen molar-refractivity contribution >= 4 is 5.91 Å². The maximum Gasteiger partial charge on any atom is 0.272 e. The molecule has 3 heterocycles. The number of likely N-dealkylation sites (tertiary alicyclic amines) is 1. The maximum absolute atomic E-state index is 12.5. The van der Waals surface area contributed by atoms with Crippen LogP contribution in [-0.2, 0) is 11.8 Å². The van der Waals surface area contributed by atoms with E-state index in [2.05, 4.69) is 12.0 Å². The fraction of sp³-hybridized carbons (Fsp3) is 0.750. The van der Waals surface area contributed by atoms with Crippen LogP contribution >= 0.6 is 0 Å². The second-order valence-electron chi connectivity index (χ2n) is 6.93. The summed E-state index contributed by atoms with van der Waals surface area (Å²) in [4.78, 5) is 14.3. The van der Waals surface area contributed by atoms with E-state index in [9.17, 15) is 9.90 Å². The van der Waals surface area contributed by atoms with Crippen LogP contribution in [0.25, 0.3) is 0 Å². The quantitative estimate of drug-likeness (QED) is 0.909. The normalized spacial score (nSPS) is 26.5. The number of hydrogen-bond acceptors (Lipinski definition) is 4. The molecule has 6 nitrogen and oxygen atoms in total. The first-order chi connectivity index (χ1) is 10.4. The van der Waals surface area contributed by atoms with E-state index < -0.39 is 5.60 Å². The highest BCUT2D eigenvalue weighted by molar-refractivity contribution is 5.93. The number of carbonyl (C=O) groups is 1. The van der Waals surface area contributed by atoms with Crippen LogP contribution in [0.15, 0.2) is 6.07 Å². The lowest BCUT2D eigenvalue weighted by atomic mass is 9.82. The molecule has 2 saturated heterocycles. The second-order valence-corrected chi connectivity index (χ2v) is 6.93. The van der Waals surface area contributed by atoms with Crippen molar-refractivity contribution < 1.29 is 14.6 Å². The van der Waals surface area contributed by atoms with Crippen molar-refractivity contribution in [2.75, 3.05) is 19.7 Å². The molecule has 122 valence electrons. The van der Waals surface area contributed by atoms with Crippen LogP contribution in [0.3, 0.4) is 0 Å². The summed E-state index contributed by atoms with van der Waals surface area (Å²) in [7, 11) is 1.78. The maximum atomic E-state index is 12.5. The molecular weight excluding hydrogens is 282 g/mol. The number of aryl methyl sites for hydroxylation is 2. The Morgan fingerprint density at radius 1 is 1.50 bits per heavy atom. The van der Waals surface area contributed by atoms with Gasteiger partial charge in [0, 0.05) is 13.5 Å². The third kappa shape index (κ3) is 2.65. The standard InChI is InChI=1S/C16H25N3O3/c1-4-5-6-15(21)8-16(22-11-15)9-19(10-16)14(20)13-7-12(2)17-18(13)3/h7,21H,4-6,8-11H2,1-3H3. The molecule has 6 heteroatoms. The summed E-state index contributed by atoms with van der Waals surface area (Å²) in [5.74, 6) is -0.0127. The number of rotatable bonds is 4. The molecule has 3 rings (SSSR count). The van der Waals surface area contributed by atoms with Crippen molar-refractivity contribution in [2.24, 2.45) is 7.05 Å². The predicted molar refractivity (Wildman–Crippen MR) is 81.6 cm³/mol. The van der Waals surface area contributed by atoms with E-state index >= 15 is 0 Å². The number of ether oxygens (including phenoxy) is 1. The third-order valence-corrected chi connectivity index (χ3v) is 4.76. The van der Waals surface area contributed by atoms with Crippen LogP contribution in [0.2, 0.25) is 0 Å². The summed E-state index contributed by atoms with van der Waals surface area (Å²) in [5, 5.41) is 14.8. The molecule has 0 bridgehead atoms. The highest BCUT2D eigenvalue weighted by Gasteiger charge is 2.56.